The van der Waals surface area contributed by atoms with Crippen LogP contribution in [0.5, 0.6) is 0 Å². The van der Waals surface area contributed by atoms with Gasteiger partial charge in [-0.1, -0.05) is 19.3 Å². The number of nitrogens with one attached hydrogen (secondary N) is 2. The summed E-state index contributed by atoms with van der Waals surface area (Å²) in [6, 6.07) is 0. The average molecular weight is 366 g/mol. The maximum absolute atomic E-state index is 12.3. The van der Waals surface area contributed by atoms with Crippen molar-refractivity contribution < 1.29 is 13.2 Å². The number of halogens is 3. The predicted octanol–water partition coefficient (Wildman–Crippen LogP) is 2.86. The molecule has 1 aliphatic heterocycles. The van der Waals surface area contributed by atoms with Gasteiger partial charge >= 0.3 is 6.18 Å². The van der Waals surface area contributed by atoms with Gasteiger partial charge in [-0.15, -0.1) is 0 Å². The van der Waals surface area contributed by atoms with Gasteiger partial charge in [0.2, 0.25) is 0 Å². The number of hydrogen-bond donors (Lipinski definition) is 2. The summed E-state index contributed by atoms with van der Waals surface area (Å²) in [6.07, 6.45) is 1.07. The van der Waals surface area contributed by atoms with E-state index in [-0.39, 0.29) is 12.1 Å². The maximum atomic E-state index is 12.3. The molecule has 2 rings (SSSR count). The van der Waals surface area contributed by atoms with Crippen molar-refractivity contribution in [1.82, 2.24) is 15.5 Å². The maximum Gasteiger partial charge on any atom is 0.390 e. The zero-order valence-corrected chi connectivity index (χ0v) is 15.2. The second kappa shape index (κ2) is 9.17. The van der Waals surface area contributed by atoms with Crippen LogP contribution in [0.1, 0.15) is 38.5 Å². The Balaban J connectivity index is 1.88. The number of guanidine groups is 1. The zero-order chi connectivity index (χ0) is 17.5. The Kier molecular flexibility index (Phi) is 7.53. The second-order valence-electron chi connectivity index (χ2n) is 6.60. The lowest BCUT2D eigenvalue weighted by atomic mass is 9.80. The van der Waals surface area contributed by atoms with Crippen molar-refractivity contribution in [1.29, 1.82) is 0 Å². The summed E-state index contributed by atoms with van der Waals surface area (Å²) < 4.78 is 36.8. The van der Waals surface area contributed by atoms with Gasteiger partial charge in [-0.05, 0) is 12.8 Å². The Labute approximate surface area is 147 Å². The van der Waals surface area contributed by atoms with Crippen molar-refractivity contribution in [3.05, 3.63) is 0 Å². The van der Waals surface area contributed by atoms with Gasteiger partial charge in [0.1, 0.15) is 0 Å². The van der Waals surface area contributed by atoms with Crippen LogP contribution in [-0.2, 0) is 0 Å². The summed E-state index contributed by atoms with van der Waals surface area (Å²) in [5, 5.41) is 6.07. The van der Waals surface area contributed by atoms with E-state index in [1.165, 1.54) is 30.8 Å². The quantitative estimate of drug-likeness (QED) is 0.580. The van der Waals surface area contributed by atoms with Crippen molar-refractivity contribution in [3.63, 3.8) is 0 Å². The normalized spacial score (nSPS) is 23.1. The molecule has 2 aliphatic rings. The molecule has 0 atom stereocenters. The van der Waals surface area contributed by atoms with Crippen LogP contribution in [0.4, 0.5) is 13.2 Å². The van der Waals surface area contributed by atoms with Crippen LogP contribution in [0.15, 0.2) is 4.99 Å². The number of hydrogen-bond acceptors (Lipinski definition) is 3. The van der Waals surface area contributed by atoms with E-state index in [1.54, 1.807) is 7.05 Å². The van der Waals surface area contributed by atoms with Gasteiger partial charge in [-0.3, -0.25) is 9.89 Å². The number of aliphatic imine (C=N–C) groups is 1. The Morgan fingerprint density at radius 3 is 2.38 bits per heavy atom. The van der Waals surface area contributed by atoms with Crippen LogP contribution in [0.25, 0.3) is 0 Å². The molecule has 2 N–H and O–H groups in total. The lowest BCUT2D eigenvalue weighted by Gasteiger charge is -2.48. The summed E-state index contributed by atoms with van der Waals surface area (Å²) in [5.41, 5.74) is 0.126. The number of alkyl halides is 3. The van der Waals surface area contributed by atoms with Gasteiger partial charge < -0.3 is 10.6 Å². The van der Waals surface area contributed by atoms with E-state index in [1.807, 2.05) is 11.8 Å². The van der Waals surface area contributed by atoms with Crippen LogP contribution in [-0.4, -0.2) is 67.3 Å². The molecule has 0 aromatic carbocycles. The van der Waals surface area contributed by atoms with Gasteiger partial charge in [0, 0.05) is 50.3 Å². The second-order valence-corrected chi connectivity index (χ2v) is 7.83. The van der Waals surface area contributed by atoms with Crippen molar-refractivity contribution in [2.24, 2.45) is 4.99 Å². The first kappa shape index (κ1) is 19.7. The molecule has 1 aliphatic carbocycles. The molecule has 8 heteroatoms. The lowest BCUT2D eigenvalue weighted by molar-refractivity contribution is -0.132. The third-order valence-corrected chi connectivity index (χ3v) is 5.92. The standard InChI is InChI=1S/C16H29F3N4S/c1-20-14(21-8-7-16(17,18)19)22-13-15(5-3-2-4-6-15)23-9-11-24-12-10-23/h2-13H2,1H3,(H2,20,21,22). The SMILES string of the molecule is CN=C(NCCC(F)(F)F)NCC1(N2CCSCC2)CCCCC1. The first-order valence-electron chi connectivity index (χ1n) is 8.79. The third-order valence-electron chi connectivity index (χ3n) is 4.98. The molecular weight excluding hydrogens is 337 g/mol. The molecule has 1 heterocycles. The van der Waals surface area contributed by atoms with E-state index in [0.717, 1.165) is 32.5 Å². The van der Waals surface area contributed by atoms with Crippen LogP contribution in [0.2, 0.25) is 0 Å². The Hall–Kier alpha value is -0.630. The molecule has 0 aromatic rings. The van der Waals surface area contributed by atoms with E-state index >= 15 is 0 Å². The van der Waals surface area contributed by atoms with Crippen LogP contribution in [0, 0.1) is 0 Å². The van der Waals surface area contributed by atoms with Gasteiger partial charge in [0.05, 0.1) is 6.42 Å². The van der Waals surface area contributed by atoms with E-state index in [9.17, 15) is 13.2 Å². The van der Waals surface area contributed by atoms with Crippen LogP contribution in [0.3, 0.4) is 0 Å². The summed E-state index contributed by atoms with van der Waals surface area (Å²) in [7, 11) is 1.61. The largest absolute Gasteiger partial charge is 0.390 e. The highest BCUT2D eigenvalue weighted by Crippen LogP contribution is 2.34. The molecule has 0 radical (unpaired) electrons. The van der Waals surface area contributed by atoms with E-state index < -0.39 is 12.6 Å². The molecule has 4 nitrogen and oxygen atoms in total. The Morgan fingerprint density at radius 2 is 1.79 bits per heavy atom. The molecule has 2 fully saturated rings. The molecule has 24 heavy (non-hydrogen) atoms. The van der Waals surface area contributed by atoms with Crippen molar-refractivity contribution in [2.45, 2.75) is 50.2 Å². The number of nitrogens with zero attached hydrogens (tertiary/aromatic N) is 2. The van der Waals surface area contributed by atoms with Gasteiger partial charge in [0.25, 0.3) is 0 Å². The van der Waals surface area contributed by atoms with Crippen molar-refractivity contribution >= 4 is 17.7 Å². The summed E-state index contributed by atoms with van der Waals surface area (Å²) in [5.74, 6) is 2.80. The van der Waals surface area contributed by atoms with Gasteiger partial charge in [0.15, 0.2) is 5.96 Å². The lowest BCUT2D eigenvalue weighted by Crippen LogP contribution is -2.59. The number of rotatable bonds is 5. The third kappa shape index (κ3) is 6.02. The molecule has 0 aromatic heterocycles. The topological polar surface area (TPSA) is 39.7 Å². The predicted molar refractivity (Wildman–Crippen MR) is 94.8 cm³/mol. The fourth-order valence-electron chi connectivity index (χ4n) is 3.64. The van der Waals surface area contributed by atoms with Crippen molar-refractivity contribution in [2.75, 3.05) is 44.7 Å². The minimum atomic E-state index is -4.14. The highest BCUT2D eigenvalue weighted by atomic mass is 32.2. The summed E-state index contributed by atoms with van der Waals surface area (Å²) in [6.45, 7) is 2.82. The Morgan fingerprint density at radius 1 is 1.12 bits per heavy atom. The van der Waals surface area contributed by atoms with E-state index in [0.29, 0.717) is 5.96 Å². The fraction of sp³-hybridized carbons (Fsp3) is 0.938. The van der Waals surface area contributed by atoms with E-state index in [4.69, 9.17) is 0 Å². The average Bonchev–Trinajstić information content (AvgIpc) is 2.58. The number of thioether (sulfide) groups is 1. The van der Waals surface area contributed by atoms with Gasteiger partial charge in [-0.25, -0.2) is 0 Å². The highest BCUT2D eigenvalue weighted by Gasteiger charge is 2.38. The van der Waals surface area contributed by atoms with Gasteiger partial charge in [-0.2, -0.15) is 24.9 Å². The minimum absolute atomic E-state index is 0.126. The first-order valence-corrected chi connectivity index (χ1v) is 9.95. The van der Waals surface area contributed by atoms with E-state index in [2.05, 4.69) is 20.5 Å². The molecule has 0 amide bonds. The molecule has 0 unspecified atom stereocenters. The monoisotopic (exact) mass is 366 g/mol. The fourth-order valence-corrected chi connectivity index (χ4v) is 4.55. The molecule has 0 spiro atoms. The first-order chi connectivity index (χ1) is 11.5. The highest BCUT2D eigenvalue weighted by molar-refractivity contribution is 7.99. The zero-order valence-electron chi connectivity index (χ0n) is 14.4. The molecule has 1 saturated carbocycles. The molecule has 0 bridgehead atoms. The molecule has 140 valence electrons. The molecule has 1 saturated heterocycles. The summed E-state index contributed by atoms with van der Waals surface area (Å²) >= 11 is 2.00. The van der Waals surface area contributed by atoms with Crippen LogP contribution >= 0.6 is 11.8 Å². The Bertz CT molecular complexity index is 403. The van der Waals surface area contributed by atoms with Crippen molar-refractivity contribution in [3.8, 4) is 0 Å². The summed E-state index contributed by atoms with van der Waals surface area (Å²) in [4.78, 5) is 6.67. The smallest absolute Gasteiger partial charge is 0.356 e. The molecular formula is C16H29F3N4S. The minimum Gasteiger partial charge on any atom is -0.356 e. The van der Waals surface area contributed by atoms with Crippen LogP contribution < -0.4 is 10.6 Å².